The zero-order valence-electron chi connectivity index (χ0n) is 9.37. The van der Waals surface area contributed by atoms with E-state index < -0.39 is 0 Å². The minimum absolute atomic E-state index is 0.596. The van der Waals surface area contributed by atoms with Crippen LogP contribution in [0.2, 0.25) is 0 Å². The molecule has 1 saturated carbocycles. The van der Waals surface area contributed by atoms with Crippen molar-refractivity contribution in [3.05, 3.63) is 0 Å². The van der Waals surface area contributed by atoms with E-state index in [2.05, 4.69) is 30.0 Å². The molecule has 0 aliphatic heterocycles. The first-order valence-corrected chi connectivity index (χ1v) is 5.49. The zero-order chi connectivity index (χ0) is 10.4. The number of rotatable bonds is 5. The van der Waals surface area contributed by atoms with Gasteiger partial charge < -0.3 is 4.90 Å². The molecule has 1 aliphatic carbocycles. The van der Waals surface area contributed by atoms with Gasteiger partial charge >= 0.3 is 0 Å². The van der Waals surface area contributed by atoms with E-state index in [0.29, 0.717) is 12.6 Å². The fourth-order valence-electron chi connectivity index (χ4n) is 2.08. The molecule has 0 saturated heterocycles. The molecular formula is C11H21N3. The zero-order valence-corrected chi connectivity index (χ0v) is 9.37. The molecule has 0 spiro atoms. The lowest BCUT2D eigenvalue weighted by atomic mass is 10.2. The molecule has 1 fully saturated rings. The lowest BCUT2D eigenvalue weighted by Gasteiger charge is -2.27. The van der Waals surface area contributed by atoms with Crippen molar-refractivity contribution in [3.8, 4) is 6.07 Å². The Labute approximate surface area is 87.3 Å². The summed E-state index contributed by atoms with van der Waals surface area (Å²) < 4.78 is 0. The van der Waals surface area contributed by atoms with Crippen LogP contribution < -0.4 is 0 Å². The monoisotopic (exact) mass is 195 g/mol. The molecular weight excluding hydrogens is 174 g/mol. The molecule has 0 aromatic heterocycles. The van der Waals surface area contributed by atoms with Crippen LogP contribution in [0.4, 0.5) is 0 Å². The molecule has 0 unspecified atom stereocenters. The third-order valence-electron chi connectivity index (χ3n) is 2.95. The highest BCUT2D eigenvalue weighted by atomic mass is 15.2. The Kier molecular flexibility index (Phi) is 4.92. The van der Waals surface area contributed by atoms with E-state index >= 15 is 0 Å². The number of hydrogen-bond donors (Lipinski definition) is 0. The van der Waals surface area contributed by atoms with Gasteiger partial charge in [-0.15, -0.1) is 0 Å². The van der Waals surface area contributed by atoms with Crippen molar-refractivity contribution in [2.45, 2.75) is 31.7 Å². The van der Waals surface area contributed by atoms with Crippen LogP contribution in [-0.2, 0) is 0 Å². The van der Waals surface area contributed by atoms with Crippen LogP contribution in [0.3, 0.4) is 0 Å². The average Bonchev–Trinajstić information content (AvgIpc) is 2.64. The molecule has 0 N–H and O–H groups in total. The summed E-state index contributed by atoms with van der Waals surface area (Å²) in [6, 6.07) is 2.95. The molecule has 3 heteroatoms. The van der Waals surface area contributed by atoms with Crippen LogP contribution >= 0.6 is 0 Å². The number of nitriles is 1. The number of nitrogens with zero attached hydrogens (tertiary/aromatic N) is 3. The van der Waals surface area contributed by atoms with E-state index in [9.17, 15) is 0 Å². The summed E-state index contributed by atoms with van der Waals surface area (Å²) in [5.74, 6) is 0. The Balaban J connectivity index is 2.34. The molecule has 0 aromatic rings. The Morgan fingerprint density at radius 2 is 1.86 bits per heavy atom. The first-order valence-electron chi connectivity index (χ1n) is 5.49. The third-order valence-corrected chi connectivity index (χ3v) is 2.95. The molecule has 0 aromatic carbocycles. The van der Waals surface area contributed by atoms with Gasteiger partial charge in [-0.25, -0.2) is 0 Å². The highest BCUT2D eigenvalue weighted by Gasteiger charge is 2.21. The van der Waals surface area contributed by atoms with Gasteiger partial charge in [0, 0.05) is 19.1 Å². The van der Waals surface area contributed by atoms with Crippen LogP contribution in [-0.4, -0.2) is 49.6 Å². The molecule has 3 nitrogen and oxygen atoms in total. The minimum atomic E-state index is 0.596. The van der Waals surface area contributed by atoms with Crippen LogP contribution in [0.5, 0.6) is 0 Å². The van der Waals surface area contributed by atoms with Crippen molar-refractivity contribution < 1.29 is 0 Å². The summed E-state index contributed by atoms with van der Waals surface area (Å²) in [5, 5.41) is 8.76. The quantitative estimate of drug-likeness (QED) is 0.620. The predicted octanol–water partition coefficient (Wildman–Crippen LogP) is 1.32. The second kappa shape index (κ2) is 6.00. The summed E-state index contributed by atoms with van der Waals surface area (Å²) in [4.78, 5) is 4.52. The predicted molar refractivity (Wildman–Crippen MR) is 58.0 cm³/mol. The van der Waals surface area contributed by atoms with Crippen LogP contribution in [0.1, 0.15) is 25.7 Å². The third kappa shape index (κ3) is 3.65. The molecule has 0 radical (unpaired) electrons. The summed E-state index contributed by atoms with van der Waals surface area (Å²) in [7, 11) is 4.17. The molecule has 1 aliphatic rings. The Morgan fingerprint density at radius 1 is 1.21 bits per heavy atom. The van der Waals surface area contributed by atoms with Crippen molar-refractivity contribution in [1.82, 2.24) is 9.80 Å². The SMILES string of the molecule is CN(C)CCN(CC#N)C1CCCC1. The van der Waals surface area contributed by atoms with Gasteiger partial charge in [0.25, 0.3) is 0 Å². The number of likely N-dealkylation sites (N-methyl/N-ethyl adjacent to an activating group) is 1. The fraction of sp³-hybridized carbons (Fsp3) is 0.909. The summed E-state index contributed by atoms with van der Waals surface area (Å²) in [6.07, 6.45) is 5.26. The number of hydrogen-bond acceptors (Lipinski definition) is 3. The molecule has 0 heterocycles. The van der Waals surface area contributed by atoms with Gasteiger partial charge in [0.05, 0.1) is 12.6 Å². The summed E-state index contributed by atoms with van der Waals surface area (Å²) in [6.45, 7) is 2.68. The van der Waals surface area contributed by atoms with Gasteiger partial charge in [-0.1, -0.05) is 12.8 Å². The van der Waals surface area contributed by atoms with Crippen molar-refractivity contribution in [2.75, 3.05) is 33.7 Å². The van der Waals surface area contributed by atoms with Crippen molar-refractivity contribution in [3.63, 3.8) is 0 Å². The van der Waals surface area contributed by atoms with E-state index in [1.165, 1.54) is 25.7 Å². The highest BCUT2D eigenvalue weighted by Crippen LogP contribution is 2.22. The second-order valence-corrected chi connectivity index (χ2v) is 4.37. The van der Waals surface area contributed by atoms with Gasteiger partial charge in [-0.05, 0) is 26.9 Å². The van der Waals surface area contributed by atoms with Gasteiger partial charge in [-0.2, -0.15) is 5.26 Å². The van der Waals surface area contributed by atoms with E-state index in [4.69, 9.17) is 5.26 Å². The molecule has 1 rings (SSSR count). The first kappa shape index (κ1) is 11.5. The van der Waals surface area contributed by atoms with E-state index in [1.807, 2.05) is 0 Å². The molecule has 0 bridgehead atoms. The second-order valence-electron chi connectivity index (χ2n) is 4.37. The molecule has 0 atom stereocenters. The Bertz CT molecular complexity index is 189. The largest absolute Gasteiger partial charge is 0.308 e. The fourth-order valence-corrected chi connectivity index (χ4v) is 2.08. The minimum Gasteiger partial charge on any atom is -0.308 e. The van der Waals surface area contributed by atoms with Crippen molar-refractivity contribution in [1.29, 1.82) is 5.26 Å². The highest BCUT2D eigenvalue weighted by molar-refractivity contribution is 4.84. The smallest absolute Gasteiger partial charge is 0.0868 e. The van der Waals surface area contributed by atoms with Gasteiger partial charge in [-0.3, -0.25) is 4.90 Å². The first-order chi connectivity index (χ1) is 6.74. The van der Waals surface area contributed by atoms with E-state index in [1.54, 1.807) is 0 Å². The molecule has 0 amide bonds. The van der Waals surface area contributed by atoms with Gasteiger partial charge in [0.1, 0.15) is 0 Å². The van der Waals surface area contributed by atoms with Crippen LogP contribution in [0.15, 0.2) is 0 Å². The molecule has 80 valence electrons. The Morgan fingerprint density at radius 3 is 2.36 bits per heavy atom. The van der Waals surface area contributed by atoms with Gasteiger partial charge in [0.15, 0.2) is 0 Å². The standard InChI is InChI=1S/C11H21N3/c1-13(2)9-10-14(8-7-12)11-5-3-4-6-11/h11H,3-6,8-10H2,1-2H3. The molecule has 14 heavy (non-hydrogen) atoms. The van der Waals surface area contributed by atoms with Crippen molar-refractivity contribution >= 4 is 0 Å². The summed E-state index contributed by atoms with van der Waals surface area (Å²) in [5.41, 5.74) is 0. The maximum atomic E-state index is 8.76. The average molecular weight is 195 g/mol. The lowest BCUT2D eigenvalue weighted by Crippen LogP contribution is -2.38. The van der Waals surface area contributed by atoms with Crippen molar-refractivity contribution in [2.24, 2.45) is 0 Å². The lowest BCUT2D eigenvalue weighted by molar-refractivity contribution is 0.200. The Hall–Kier alpha value is -0.590. The van der Waals surface area contributed by atoms with E-state index in [-0.39, 0.29) is 0 Å². The van der Waals surface area contributed by atoms with Crippen LogP contribution in [0.25, 0.3) is 0 Å². The van der Waals surface area contributed by atoms with Crippen LogP contribution in [0, 0.1) is 11.3 Å². The maximum Gasteiger partial charge on any atom is 0.0868 e. The van der Waals surface area contributed by atoms with E-state index in [0.717, 1.165) is 13.1 Å². The summed E-state index contributed by atoms with van der Waals surface area (Å²) >= 11 is 0. The maximum absolute atomic E-state index is 8.76. The topological polar surface area (TPSA) is 30.3 Å². The normalized spacial score (nSPS) is 17.9. The van der Waals surface area contributed by atoms with Gasteiger partial charge in [0.2, 0.25) is 0 Å².